The molecule has 1 aliphatic heterocycles. The molecule has 0 aromatic heterocycles. The summed E-state index contributed by atoms with van der Waals surface area (Å²) in [6, 6.07) is 16.0. The van der Waals surface area contributed by atoms with Crippen LogP contribution in [0.2, 0.25) is 0 Å². The van der Waals surface area contributed by atoms with Crippen molar-refractivity contribution in [3.05, 3.63) is 82.0 Å². The molecule has 0 radical (unpaired) electrons. The van der Waals surface area contributed by atoms with E-state index in [-0.39, 0.29) is 17.8 Å². The highest BCUT2D eigenvalue weighted by atomic mass is 16.6. The summed E-state index contributed by atoms with van der Waals surface area (Å²) in [5, 5.41) is 10.7. The second-order valence-electron chi connectivity index (χ2n) is 5.49. The van der Waals surface area contributed by atoms with Crippen LogP contribution in [0.5, 0.6) is 0 Å². The molecular weight excluding hydrogens is 308 g/mol. The molecule has 6 heteroatoms. The number of hydrogen-bond donors (Lipinski definition) is 0. The number of benzene rings is 2. The van der Waals surface area contributed by atoms with Crippen molar-refractivity contribution in [1.29, 1.82) is 0 Å². The van der Waals surface area contributed by atoms with Crippen molar-refractivity contribution < 1.29 is 14.5 Å². The van der Waals surface area contributed by atoms with Crippen LogP contribution in [0.25, 0.3) is 6.08 Å². The van der Waals surface area contributed by atoms with Crippen molar-refractivity contribution in [2.75, 3.05) is 6.61 Å². The molecule has 122 valence electrons. The van der Waals surface area contributed by atoms with E-state index in [2.05, 4.69) is 0 Å². The summed E-state index contributed by atoms with van der Waals surface area (Å²) in [5.74, 6) is 0. The summed E-state index contributed by atoms with van der Waals surface area (Å²) in [7, 11) is 0. The van der Waals surface area contributed by atoms with Gasteiger partial charge in [0.05, 0.1) is 11.0 Å². The van der Waals surface area contributed by atoms with Gasteiger partial charge in [-0.05, 0) is 35.8 Å². The normalized spacial score (nSPS) is 17.2. The van der Waals surface area contributed by atoms with Gasteiger partial charge in [0, 0.05) is 18.3 Å². The Hall–Kier alpha value is -3.15. The van der Waals surface area contributed by atoms with Crippen LogP contribution in [0.1, 0.15) is 11.1 Å². The van der Waals surface area contributed by atoms with Crippen LogP contribution < -0.4 is 0 Å². The zero-order valence-electron chi connectivity index (χ0n) is 12.9. The monoisotopic (exact) mass is 324 g/mol. The fraction of sp³-hybridized carbons (Fsp3) is 0.167. The minimum atomic E-state index is -0.443. The van der Waals surface area contributed by atoms with E-state index in [9.17, 15) is 14.9 Å². The van der Waals surface area contributed by atoms with Crippen molar-refractivity contribution in [2.45, 2.75) is 12.5 Å². The second-order valence-corrected chi connectivity index (χ2v) is 5.49. The summed E-state index contributed by atoms with van der Waals surface area (Å²) >= 11 is 0. The van der Waals surface area contributed by atoms with Gasteiger partial charge in [-0.3, -0.25) is 15.0 Å². The Kier molecular flexibility index (Phi) is 4.56. The van der Waals surface area contributed by atoms with E-state index < -0.39 is 4.92 Å². The zero-order chi connectivity index (χ0) is 16.9. The van der Waals surface area contributed by atoms with E-state index in [1.807, 2.05) is 30.3 Å². The molecule has 1 aliphatic rings. The molecule has 1 heterocycles. The number of nitrogens with zero attached hydrogens (tertiary/aromatic N) is 2. The number of amides is 1. The second kappa shape index (κ2) is 6.95. The first-order valence-corrected chi connectivity index (χ1v) is 7.55. The van der Waals surface area contributed by atoms with E-state index >= 15 is 0 Å². The number of hydrogen-bond acceptors (Lipinski definition) is 4. The lowest BCUT2D eigenvalue weighted by molar-refractivity contribution is -0.384. The van der Waals surface area contributed by atoms with Gasteiger partial charge in [0.1, 0.15) is 6.61 Å². The fourth-order valence-electron chi connectivity index (χ4n) is 2.57. The SMILES string of the molecule is O=C1OC[C@H](Cc2ccccc2)N1/C=C\c1ccc([N+](=O)[O-])cc1. The number of cyclic esters (lactones) is 1. The van der Waals surface area contributed by atoms with Crippen molar-refractivity contribution in [1.82, 2.24) is 4.90 Å². The summed E-state index contributed by atoms with van der Waals surface area (Å²) < 4.78 is 5.14. The van der Waals surface area contributed by atoms with Crippen molar-refractivity contribution in [3.8, 4) is 0 Å². The largest absolute Gasteiger partial charge is 0.447 e. The topological polar surface area (TPSA) is 72.7 Å². The molecule has 3 rings (SSSR count). The average molecular weight is 324 g/mol. The molecule has 6 nitrogen and oxygen atoms in total. The zero-order valence-corrected chi connectivity index (χ0v) is 12.9. The van der Waals surface area contributed by atoms with E-state index in [1.54, 1.807) is 29.3 Å². The Morgan fingerprint density at radius 1 is 1.17 bits per heavy atom. The molecule has 1 atom stereocenters. The van der Waals surface area contributed by atoms with Crippen molar-refractivity contribution in [3.63, 3.8) is 0 Å². The number of rotatable bonds is 5. The molecule has 0 saturated carbocycles. The Labute approximate surface area is 139 Å². The first-order chi connectivity index (χ1) is 11.6. The molecule has 0 bridgehead atoms. The third kappa shape index (κ3) is 3.60. The Morgan fingerprint density at radius 2 is 1.88 bits per heavy atom. The number of carbonyl (C=O) groups is 1. The average Bonchev–Trinajstić information content (AvgIpc) is 2.94. The Morgan fingerprint density at radius 3 is 2.54 bits per heavy atom. The maximum absolute atomic E-state index is 11.9. The molecule has 1 saturated heterocycles. The lowest BCUT2D eigenvalue weighted by Crippen LogP contribution is -2.30. The minimum Gasteiger partial charge on any atom is -0.447 e. The van der Waals surface area contributed by atoms with Crippen LogP contribution >= 0.6 is 0 Å². The van der Waals surface area contributed by atoms with Crippen LogP contribution in [0, 0.1) is 10.1 Å². The molecule has 0 spiro atoms. The maximum Gasteiger partial charge on any atom is 0.414 e. The highest BCUT2D eigenvalue weighted by molar-refractivity contribution is 5.73. The lowest BCUT2D eigenvalue weighted by atomic mass is 10.1. The molecular formula is C18H16N2O4. The quantitative estimate of drug-likeness (QED) is 0.622. The number of carbonyl (C=O) groups excluding carboxylic acids is 1. The van der Waals surface area contributed by atoms with Crippen LogP contribution in [0.4, 0.5) is 10.5 Å². The Bertz CT molecular complexity index is 756. The third-order valence-corrected chi connectivity index (χ3v) is 3.85. The van der Waals surface area contributed by atoms with Gasteiger partial charge in [-0.15, -0.1) is 0 Å². The highest BCUT2D eigenvalue weighted by Gasteiger charge is 2.31. The predicted molar refractivity (Wildman–Crippen MR) is 89.3 cm³/mol. The van der Waals surface area contributed by atoms with E-state index in [0.29, 0.717) is 13.0 Å². The van der Waals surface area contributed by atoms with Crippen LogP contribution in [-0.4, -0.2) is 28.6 Å². The van der Waals surface area contributed by atoms with Gasteiger partial charge in [-0.2, -0.15) is 0 Å². The molecule has 0 unspecified atom stereocenters. The van der Waals surface area contributed by atoms with Crippen molar-refractivity contribution >= 4 is 17.9 Å². The van der Waals surface area contributed by atoms with Crippen molar-refractivity contribution in [2.24, 2.45) is 0 Å². The molecule has 1 fully saturated rings. The summed E-state index contributed by atoms with van der Waals surface area (Å²) in [5.41, 5.74) is 1.95. The first kappa shape index (κ1) is 15.7. The number of nitro groups is 1. The fourth-order valence-corrected chi connectivity index (χ4v) is 2.57. The van der Waals surface area contributed by atoms with E-state index in [1.165, 1.54) is 12.1 Å². The van der Waals surface area contributed by atoms with Gasteiger partial charge in [0.25, 0.3) is 5.69 Å². The van der Waals surface area contributed by atoms with Gasteiger partial charge in [-0.25, -0.2) is 4.79 Å². The van der Waals surface area contributed by atoms with Gasteiger partial charge in [0.15, 0.2) is 0 Å². The van der Waals surface area contributed by atoms with Crippen LogP contribution in [-0.2, 0) is 11.2 Å². The van der Waals surface area contributed by atoms with Crippen LogP contribution in [0.3, 0.4) is 0 Å². The third-order valence-electron chi connectivity index (χ3n) is 3.85. The maximum atomic E-state index is 11.9. The summed E-state index contributed by atoms with van der Waals surface area (Å²) in [6.07, 6.45) is 3.74. The highest BCUT2D eigenvalue weighted by Crippen LogP contribution is 2.19. The van der Waals surface area contributed by atoms with Gasteiger partial charge in [-0.1, -0.05) is 30.3 Å². The van der Waals surface area contributed by atoms with Gasteiger partial charge < -0.3 is 4.74 Å². The van der Waals surface area contributed by atoms with E-state index in [4.69, 9.17) is 4.74 Å². The predicted octanol–water partition coefficient (Wildman–Crippen LogP) is 3.63. The molecule has 0 aliphatic carbocycles. The smallest absolute Gasteiger partial charge is 0.414 e. The first-order valence-electron chi connectivity index (χ1n) is 7.55. The van der Waals surface area contributed by atoms with Gasteiger partial charge >= 0.3 is 6.09 Å². The lowest BCUT2D eigenvalue weighted by Gasteiger charge is -2.17. The molecule has 2 aromatic rings. The summed E-state index contributed by atoms with van der Waals surface area (Å²) in [4.78, 5) is 23.7. The number of nitro benzene ring substituents is 1. The Balaban J connectivity index is 1.71. The number of ether oxygens (including phenoxy) is 1. The molecule has 1 amide bonds. The molecule has 24 heavy (non-hydrogen) atoms. The molecule has 2 aromatic carbocycles. The van der Waals surface area contributed by atoms with E-state index in [0.717, 1.165) is 11.1 Å². The van der Waals surface area contributed by atoms with Gasteiger partial charge in [0.2, 0.25) is 0 Å². The minimum absolute atomic E-state index is 0.0367. The standard InChI is InChI=1S/C18H16N2O4/c21-18-19(11-10-14-6-8-16(9-7-14)20(22)23)17(13-24-18)12-15-4-2-1-3-5-15/h1-11,17H,12-13H2/b11-10-/t17-/m0/s1. The van der Waals surface area contributed by atoms with Crippen LogP contribution in [0.15, 0.2) is 60.8 Å². The summed E-state index contributed by atoms with van der Waals surface area (Å²) in [6.45, 7) is 0.346. The number of non-ortho nitro benzene ring substituents is 1. The molecule has 0 N–H and O–H groups in total.